The number of Topliss-reactive ketones (excluding diaryl/α,β-unsaturated/α-hetero) is 1. The Balaban J connectivity index is 1.62. The maximum atomic E-state index is 13.6. The van der Waals surface area contributed by atoms with Crippen molar-refractivity contribution in [1.82, 2.24) is 4.98 Å². The lowest BCUT2D eigenvalue weighted by Gasteiger charge is -2.37. The lowest BCUT2D eigenvalue weighted by atomic mass is 9.74. The summed E-state index contributed by atoms with van der Waals surface area (Å²) >= 11 is 1.38. The normalized spacial score (nSPS) is 28.8. The van der Waals surface area contributed by atoms with Crippen LogP contribution in [-0.2, 0) is 14.3 Å². The number of thiazole rings is 1. The summed E-state index contributed by atoms with van der Waals surface area (Å²) in [6.45, 7) is 2.18. The summed E-state index contributed by atoms with van der Waals surface area (Å²) in [4.78, 5) is 32.9. The number of ether oxygens (including phenoxy) is 2. The quantitative estimate of drug-likeness (QED) is 0.768. The molecular weight excluding hydrogens is 388 g/mol. The minimum absolute atomic E-state index is 0.0519. The minimum atomic E-state index is -0.528. The van der Waals surface area contributed by atoms with Gasteiger partial charge in [0.25, 0.3) is 5.91 Å². The van der Waals surface area contributed by atoms with Crippen molar-refractivity contribution in [1.29, 1.82) is 0 Å². The first-order valence-electron chi connectivity index (χ1n) is 9.90. The number of carbonyl (C=O) groups excluding carboxylic acids is 2. The Morgan fingerprint density at radius 3 is 2.69 bits per heavy atom. The van der Waals surface area contributed by atoms with Gasteiger partial charge in [0.05, 0.1) is 24.6 Å². The fourth-order valence-corrected chi connectivity index (χ4v) is 5.38. The van der Waals surface area contributed by atoms with E-state index in [0.29, 0.717) is 16.6 Å². The van der Waals surface area contributed by atoms with Crippen molar-refractivity contribution < 1.29 is 19.1 Å². The van der Waals surface area contributed by atoms with Gasteiger partial charge in [-0.25, -0.2) is 4.98 Å². The van der Waals surface area contributed by atoms with E-state index in [4.69, 9.17) is 9.47 Å². The van der Waals surface area contributed by atoms with Gasteiger partial charge in [0, 0.05) is 11.6 Å². The number of amides is 1. The second-order valence-corrected chi connectivity index (χ2v) is 8.83. The monoisotopic (exact) mass is 410 g/mol. The van der Waals surface area contributed by atoms with Gasteiger partial charge in [-0.2, -0.15) is 0 Å². The highest BCUT2D eigenvalue weighted by molar-refractivity contribution is 7.13. The molecule has 1 aliphatic carbocycles. The zero-order valence-corrected chi connectivity index (χ0v) is 17.1. The molecule has 1 aromatic carbocycles. The van der Waals surface area contributed by atoms with Gasteiger partial charge in [-0.15, -0.1) is 11.3 Å². The van der Waals surface area contributed by atoms with E-state index in [-0.39, 0.29) is 29.5 Å². The van der Waals surface area contributed by atoms with Gasteiger partial charge >= 0.3 is 0 Å². The smallest absolute Gasteiger partial charge is 0.296 e. The van der Waals surface area contributed by atoms with E-state index in [1.165, 1.54) is 11.3 Å². The summed E-state index contributed by atoms with van der Waals surface area (Å²) < 4.78 is 11.5. The molecule has 4 unspecified atom stereocenters. The summed E-state index contributed by atoms with van der Waals surface area (Å²) in [6.07, 6.45) is 4.10. The topological polar surface area (TPSA) is 68.7 Å². The molecule has 150 valence electrons. The van der Waals surface area contributed by atoms with Crippen molar-refractivity contribution in [2.24, 2.45) is 11.8 Å². The molecule has 3 heterocycles. The van der Waals surface area contributed by atoms with Crippen LogP contribution >= 0.6 is 11.3 Å². The summed E-state index contributed by atoms with van der Waals surface area (Å²) in [5.41, 5.74) is 1.32. The first-order valence-corrected chi connectivity index (χ1v) is 10.8. The molecule has 5 rings (SSSR count). The number of rotatable bonds is 3. The number of hydrogen-bond acceptors (Lipinski definition) is 6. The summed E-state index contributed by atoms with van der Waals surface area (Å²) in [5, 5.41) is 2.40. The Kier molecular flexibility index (Phi) is 4.42. The van der Waals surface area contributed by atoms with E-state index in [1.807, 2.05) is 29.6 Å². The number of aromatic nitrogens is 1. The van der Waals surface area contributed by atoms with Crippen molar-refractivity contribution in [2.75, 3.05) is 12.0 Å². The van der Waals surface area contributed by atoms with Crippen LogP contribution in [0.2, 0.25) is 0 Å². The van der Waals surface area contributed by atoms with Gasteiger partial charge < -0.3 is 9.47 Å². The van der Waals surface area contributed by atoms with Gasteiger partial charge in [-0.05, 0) is 42.9 Å². The molecule has 1 aromatic heterocycles. The van der Waals surface area contributed by atoms with Crippen molar-refractivity contribution in [3.63, 3.8) is 0 Å². The van der Waals surface area contributed by atoms with Gasteiger partial charge in [0.15, 0.2) is 16.7 Å². The molecule has 4 atom stereocenters. The van der Waals surface area contributed by atoms with Gasteiger partial charge in [0.1, 0.15) is 11.9 Å². The molecule has 0 bridgehead atoms. The van der Waals surface area contributed by atoms with Crippen LogP contribution in [0, 0.1) is 11.8 Å². The summed E-state index contributed by atoms with van der Waals surface area (Å²) in [6, 6.07) is 6.96. The number of benzene rings is 1. The van der Waals surface area contributed by atoms with E-state index < -0.39 is 6.04 Å². The molecule has 29 heavy (non-hydrogen) atoms. The Morgan fingerprint density at radius 2 is 2.00 bits per heavy atom. The lowest BCUT2D eigenvalue weighted by Crippen LogP contribution is -2.41. The maximum Gasteiger partial charge on any atom is 0.296 e. The molecular formula is C22H22N2O4S. The van der Waals surface area contributed by atoms with Gasteiger partial charge in [-0.1, -0.05) is 19.1 Å². The second-order valence-electron chi connectivity index (χ2n) is 7.95. The highest BCUT2D eigenvalue weighted by atomic mass is 32.1. The Labute approximate surface area is 173 Å². The predicted molar refractivity (Wildman–Crippen MR) is 109 cm³/mol. The Hall–Kier alpha value is -2.67. The molecule has 3 aliphatic rings. The van der Waals surface area contributed by atoms with Crippen molar-refractivity contribution >= 4 is 28.2 Å². The van der Waals surface area contributed by atoms with Crippen LogP contribution in [-0.4, -0.2) is 29.9 Å². The molecule has 0 spiro atoms. The highest BCUT2D eigenvalue weighted by Gasteiger charge is 2.53. The molecule has 0 N–H and O–H groups in total. The van der Waals surface area contributed by atoms with Crippen LogP contribution in [0.3, 0.4) is 0 Å². The Morgan fingerprint density at radius 1 is 1.21 bits per heavy atom. The number of nitrogens with zero attached hydrogens (tertiary/aromatic N) is 2. The summed E-state index contributed by atoms with van der Waals surface area (Å²) in [7, 11) is 1.61. The average molecular weight is 410 g/mol. The number of hydrogen-bond donors (Lipinski definition) is 0. The van der Waals surface area contributed by atoms with Crippen LogP contribution in [0.15, 0.2) is 47.2 Å². The average Bonchev–Trinajstić information content (AvgIpc) is 3.35. The van der Waals surface area contributed by atoms with Crippen LogP contribution in [0.4, 0.5) is 5.13 Å². The number of anilines is 1. The van der Waals surface area contributed by atoms with Crippen molar-refractivity contribution in [3.05, 3.63) is 52.7 Å². The third kappa shape index (κ3) is 2.87. The SMILES string of the molecule is COc1ccc(C2C3=C(OC4CCC(C)CC4C3=O)C(=O)N2c2nccs2)cc1. The van der Waals surface area contributed by atoms with Crippen LogP contribution in [0.5, 0.6) is 5.75 Å². The summed E-state index contributed by atoms with van der Waals surface area (Å²) in [5.74, 6) is 1.01. The Bertz CT molecular complexity index is 983. The molecule has 2 aromatic rings. The fourth-order valence-electron chi connectivity index (χ4n) is 4.71. The van der Waals surface area contributed by atoms with E-state index in [2.05, 4.69) is 11.9 Å². The number of methoxy groups -OCH3 is 1. The number of carbonyl (C=O) groups is 2. The zero-order chi connectivity index (χ0) is 20.1. The van der Waals surface area contributed by atoms with E-state index in [1.54, 1.807) is 18.2 Å². The first-order chi connectivity index (χ1) is 14.1. The van der Waals surface area contributed by atoms with E-state index in [0.717, 1.165) is 30.6 Å². The number of ketones is 1. The van der Waals surface area contributed by atoms with E-state index in [9.17, 15) is 9.59 Å². The molecule has 1 amide bonds. The maximum absolute atomic E-state index is 13.6. The number of fused-ring (bicyclic) bond motifs is 1. The van der Waals surface area contributed by atoms with Gasteiger partial charge in [0.2, 0.25) is 0 Å². The fraction of sp³-hybridized carbons (Fsp3) is 0.409. The zero-order valence-electron chi connectivity index (χ0n) is 16.3. The molecule has 7 heteroatoms. The standard InChI is InChI=1S/C22H22N2O4S/c1-12-3-8-16-15(11-12)19(25)17-18(13-4-6-14(27-2)7-5-13)24(21(26)20(17)28-16)22-23-9-10-29-22/h4-7,9-10,12,15-16,18H,3,8,11H2,1-2H3. The molecule has 0 radical (unpaired) electrons. The first kappa shape index (κ1) is 18.4. The van der Waals surface area contributed by atoms with Crippen molar-refractivity contribution in [3.8, 4) is 5.75 Å². The second kappa shape index (κ2) is 6.99. The molecule has 2 aliphatic heterocycles. The molecule has 1 saturated carbocycles. The molecule has 1 fully saturated rings. The lowest BCUT2D eigenvalue weighted by molar-refractivity contribution is -0.132. The third-order valence-electron chi connectivity index (χ3n) is 6.17. The van der Waals surface area contributed by atoms with Crippen molar-refractivity contribution in [2.45, 2.75) is 38.3 Å². The van der Waals surface area contributed by atoms with Crippen LogP contribution in [0.25, 0.3) is 0 Å². The predicted octanol–water partition coefficient (Wildman–Crippen LogP) is 3.90. The highest BCUT2D eigenvalue weighted by Crippen LogP contribution is 2.49. The third-order valence-corrected chi connectivity index (χ3v) is 6.94. The largest absolute Gasteiger partial charge is 0.497 e. The van der Waals surface area contributed by atoms with Crippen LogP contribution < -0.4 is 9.64 Å². The molecule has 6 nitrogen and oxygen atoms in total. The van der Waals surface area contributed by atoms with Gasteiger partial charge in [-0.3, -0.25) is 14.5 Å². The molecule has 0 saturated heterocycles. The van der Waals surface area contributed by atoms with E-state index >= 15 is 0 Å². The van der Waals surface area contributed by atoms with Crippen LogP contribution in [0.1, 0.15) is 37.8 Å². The minimum Gasteiger partial charge on any atom is -0.497 e.